The van der Waals surface area contributed by atoms with E-state index in [1.165, 1.54) is 11.0 Å². The molecule has 1 amide bonds. The average Bonchev–Trinajstić information content (AvgIpc) is 2.51. The lowest BCUT2D eigenvalue weighted by Crippen LogP contribution is -2.24. The monoisotopic (exact) mass is 204 g/mol. The van der Waals surface area contributed by atoms with E-state index in [1.54, 1.807) is 0 Å². The molecule has 0 aliphatic carbocycles. The number of thiol groups is 2. The van der Waals surface area contributed by atoms with Crippen LogP contribution in [0.5, 0.6) is 0 Å². The number of nitrogens with zero attached hydrogens (tertiary/aromatic N) is 3. The molecule has 0 fully saturated rings. The Balaban J connectivity index is 2.68. The van der Waals surface area contributed by atoms with Crippen molar-refractivity contribution in [1.82, 2.24) is 14.9 Å². The summed E-state index contributed by atoms with van der Waals surface area (Å²) in [6, 6.07) is 0. The van der Waals surface area contributed by atoms with Crippen LogP contribution in [0.2, 0.25) is 0 Å². The largest absolute Gasteiger partial charge is 0.272 e. The molecule has 0 atom stereocenters. The number of nitrogens with one attached hydrogen (secondary N) is 1. The van der Waals surface area contributed by atoms with E-state index in [1.807, 2.05) is 0 Å². The van der Waals surface area contributed by atoms with Crippen LogP contribution in [-0.2, 0) is 10.5 Å². The Bertz CT molecular complexity index is 274. The number of aromatic nitrogens is 3. The normalized spacial score (nSPS) is 9.83. The van der Waals surface area contributed by atoms with E-state index in [0.29, 0.717) is 11.6 Å². The predicted molar refractivity (Wildman–Crippen MR) is 50.9 cm³/mol. The minimum absolute atomic E-state index is 0.129. The van der Waals surface area contributed by atoms with Gasteiger partial charge in [0, 0.05) is 0 Å². The van der Waals surface area contributed by atoms with Crippen molar-refractivity contribution in [2.75, 3.05) is 11.2 Å². The third kappa shape index (κ3) is 2.15. The average molecular weight is 204 g/mol. The molecule has 1 aromatic heterocycles. The number of hydrogen-bond donors (Lipinski definition) is 3. The van der Waals surface area contributed by atoms with Crippen molar-refractivity contribution in [2.45, 2.75) is 5.75 Å². The molecule has 0 aliphatic rings. The fourth-order valence-corrected chi connectivity index (χ4v) is 0.916. The lowest BCUT2D eigenvalue weighted by atomic mass is 10.7. The molecule has 1 rings (SSSR count). The first kappa shape index (κ1) is 9.40. The Hall–Kier alpha value is -0.690. The fraction of sp³-hybridized carbons (Fsp3) is 0.400. The second-order valence-electron chi connectivity index (χ2n) is 1.97. The molecule has 1 aromatic rings. The van der Waals surface area contributed by atoms with Crippen molar-refractivity contribution >= 4 is 31.2 Å². The van der Waals surface area contributed by atoms with Crippen LogP contribution in [0.4, 0.5) is 0 Å². The summed E-state index contributed by atoms with van der Waals surface area (Å²) in [6.07, 6.45) is 1.41. The van der Waals surface area contributed by atoms with Crippen LogP contribution in [0.15, 0.2) is 6.33 Å². The van der Waals surface area contributed by atoms with Crippen molar-refractivity contribution < 1.29 is 4.79 Å². The SMILES string of the molecule is O=C(CS)Nn1cnnc1CS. The Kier molecular flexibility index (Phi) is 3.42. The van der Waals surface area contributed by atoms with E-state index in [0.717, 1.165) is 0 Å². The molecule has 0 bridgehead atoms. The molecule has 1 N–H and O–H groups in total. The van der Waals surface area contributed by atoms with E-state index in [9.17, 15) is 4.79 Å². The number of amides is 1. The Morgan fingerprint density at radius 2 is 2.42 bits per heavy atom. The summed E-state index contributed by atoms with van der Waals surface area (Å²) < 4.78 is 1.42. The molecule has 7 heteroatoms. The molecule has 0 aromatic carbocycles. The van der Waals surface area contributed by atoms with Gasteiger partial charge in [0.05, 0.1) is 11.5 Å². The van der Waals surface area contributed by atoms with Gasteiger partial charge in [-0.25, -0.2) is 4.68 Å². The first-order valence-corrected chi connectivity index (χ1v) is 4.45. The van der Waals surface area contributed by atoms with Crippen LogP contribution in [0.1, 0.15) is 5.82 Å². The number of rotatable bonds is 3. The summed E-state index contributed by atoms with van der Waals surface area (Å²) in [5.74, 6) is 0.937. The Morgan fingerprint density at radius 1 is 1.67 bits per heavy atom. The van der Waals surface area contributed by atoms with Gasteiger partial charge in [-0.3, -0.25) is 10.2 Å². The Morgan fingerprint density at radius 3 is 3.00 bits per heavy atom. The van der Waals surface area contributed by atoms with Gasteiger partial charge in [0.1, 0.15) is 6.33 Å². The molecule has 0 aliphatic heterocycles. The molecule has 5 nitrogen and oxygen atoms in total. The van der Waals surface area contributed by atoms with Gasteiger partial charge in [-0.15, -0.1) is 10.2 Å². The first-order valence-electron chi connectivity index (χ1n) is 3.18. The van der Waals surface area contributed by atoms with E-state index in [2.05, 4.69) is 40.9 Å². The summed E-state index contributed by atoms with van der Waals surface area (Å²) in [4.78, 5) is 10.9. The third-order valence-corrected chi connectivity index (χ3v) is 1.72. The molecule has 66 valence electrons. The van der Waals surface area contributed by atoms with Crippen LogP contribution in [0.25, 0.3) is 0 Å². The van der Waals surface area contributed by atoms with Crippen molar-refractivity contribution in [3.8, 4) is 0 Å². The highest BCUT2D eigenvalue weighted by atomic mass is 32.1. The van der Waals surface area contributed by atoms with Crippen LogP contribution in [-0.4, -0.2) is 26.5 Å². The van der Waals surface area contributed by atoms with Crippen LogP contribution in [0, 0.1) is 0 Å². The lowest BCUT2D eigenvalue weighted by Gasteiger charge is -2.04. The maximum absolute atomic E-state index is 10.9. The van der Waals surface area contributed by atoms with Crippen molar-refractivity contribution in [3.05, 3.63) is 12.2 Å². The number of carbonyl (C=O) groups is 1. The van der Waals surface area contributed by atoms with E-state index in [-0.39, 0.29) is 11.7 Å². The third-order valence-electron chi connectivity index (χ3n) is 1.15. The molecule has 0 saturated carbocycles. The zero-order chi connectivity index (χ0) is 8.97. The number of hydrogen-bond acceptors (Lipinski definition) is 5. The van der Waals surface area contributed by atoms with E-state index < -0.39 is 0 Å². The predicted octanol–water partition coefficient (Wildman–Crippen LogP) is -0.292. The minimum atomic E-state index is -0.207. The van der Waals surface area contributed by atoms with Gasteiger partial charge in [0.25, 0.3) is 0 Å². The Labute approximate surface area is 80.3 Å². The van der Waals surface area contributed by atoms with Crippen molar-refractivity contribution in [3.63, 3.8) is 0 Å². The second kappa shape index (κ2) is 4.36. The highest BCUT2D eigenvalue weighted by molar-refractivity contribution is 7.81. The van der Waals surface area contributed by atoms with Gasteiger partial charge in [-0.05, 0) is 0 Å². The molecule has 0 saturated heterocycles. The first-order chi connectivity index (χ1) is 5.77. The lowest BCUT2D eigenvalue weighted by molar-refractivity contribution is -0.114. The molecule has 0 radical (unpaired) electrons. The maximum Gasteiger partial charge on any atom is 0.248 e. The van der Waals surface area contributed by atoms with E-state index in [4.69, 9.17) is 0 Å². The topological polar surface area (TPSA) is 59.8 Å². The zero-order valence-corrected chi connectivity index (χ0v) is 7.92. The van der Waals surface area contributed by atoms with Gasteiger partial charge in [0.2, 0.25) is 5.91 Å². The standard InChI is InChI=1S/C5H8N4OS2/c10-5(2-12)8-9-3-6-7-4(9)1-11/h3,11-12H,1-2H2,(H,8,10). The second-order valence-corrected chi connectivity index (χ2v) is 2.60. The highest BCUT2D eigenvalue weighted by Crippen LogP contribution is 1.95. The van der Waals surface area contributed by atoms with Gasteiger partial charge in [0.15, 0.2) is 5.82 Å². The molecular formula is C5H8N4OS2. The van der Waals surface area contributed by atoms with Crippen molar-refractivity contribution in [1.29, 1.82) is 0 Å². The minimum Gasteiger partial charge on any atom is -0.272 e. The molecule has 0 spiro atoms. The highest BCUT2D eigenvalue weighted by Gasteiger charge is 2.03. The zero-order valence-electron chi connectivity index (χ0n) is 6.14. The molecular weight excluding hydrogens is 196 g/mol. The van der Waals surface area contributed by atoms with E-state index >= 15 is 0 Å². The van der Waals surface area contributed by atoms with Crippen LogP contribution < -0.4 is 5.43 Å². The molecule has 0 unspecified atom stereocenters. The van der Waals surface area contributed by atoms with Gasteiger partial charge in [-0.2, -0.15) is 25.3 Å². The summed E-state index contributed by atoms with van der Waals surface area (Å²) in [7, 11) is 0. The fourth-order valence-electron chi connectivity index (χ4n) is 0.630. The van der Waals surface area contributed by atoms with Crippen molar-refractivity contribution in [2.24, 2.45) is 0 Å². The molecule has 1 heterocycles. The molecule has 12 heavy (non-hydrogen) atoms. The summed E-state index contributed by atoms with van der Waals surface area (Å²) in [5.41, 5.74) is 2.52. The van der Waals surface area contributed by atoms with Gasteiger partial charge in [-0.1, -0.05) is 0 Å². The van der Waals surface area contributed by atoms with Crippen LogP contribution >= 0.6 is 25.3 Å². The maximum atomic E-state index is 10.9. The summed E-state index contributed by atoms with van der Waals surface area (Å²) in [6.45, 7) is 0. The smallest absolute Gasteiger partial charge is 0.248 e. The summed E-state index contributed by atoms with van der Waals surface area (Å²) in [5, 5.41) is 7.32. The van der Waals surface area contributed by atoms with Crippen LogP contribution in [0.3, 0.4) is 0 Å². The van der Waals surface area contributed by atoms with Gasteiger partial charge >= 0.3 is 0 Å². The summed E-state index contributed by atoms with van der Waals surface area (Å²) >= 11 is 7.81. The number of carbonyl (C=O) groups excluding carboxylic acids is 1. The van der Waals surface area contributed by atoms with Gasteiger partial charge < -0.3 is 0 Å². The quantitative estimate of drug-likeness (QED) is 0.593.